The van der Waals surface area contributed by atoms with Crippen molar-refractivity contribution < 1.29 is 19.5 Å². The fraction of sp³-hybridized carbons (Fsp3) is 0.444. The molecule has 0 saturated heterocycles. The van der Waals surface area contributed by atoms with E-state index >= 15 is 0 Å². The number of methoxy groups -OCH3 is 1. The van der Waals surface area contributed by atoms with Crippen LogP contribution in [-0.4, -0.2) is 41.8 Å². The molecule has 0 fully saturated rings. The first kappa shape index (κ1) is 19.9. The molecule has 150 valence electrons. The fourth-order valence-corrected chi connectivity index (χ4v) is 4.04. The van der Waals surface area contributed by atoms with Gasteiger partial charge in [0.05, 0.1) is 18.2 Å². The molecule has 1 unspecified atom stereocenters. The molecule has 0 bridgehead atoms. The minimum Gasteiger partial charge on any atom is -0.496 e. The van der Waals surface area contributed by atoms with Gasteiger partial charge in [-0.3, -0.25) is 10.0 Å². The summed E-state index contributed by atoms with van der Waals surface area (Å²) >= 11 is 6.33. The van der Waals surface area contributed by atoms with E-state index in [9.17, 15) is 10.0 Å². The predicted octanol–water partition coefficient (Wildman–Crippen LogP) is 1.10. The highest BCUT2D eigenvalue weighted by molar-refractivity contribution is 6.30. The number of aryl methyl sites for hydroxylation is 1. The number of carbonyl (C=O) groups is 1. The van der Waals surface area contributed by atoms with Crippen molar-refractivity contribution in [2.75, 3.05) is 31.3 Å². The number of anilines is 2. The number of ether oxygens (including phenoxy) is 1. The molecular weight excluding hydrogens is 384 g/mol. The molecule has 9 nitrogen and oxygen atoms in total. The molecule has 2 aromatic rings. The molecule has 3 rings (SSSR count). The SMILES string of the molecule is CNC(=O)CC1CN(Cc2c(C)c(OC)c(C)c[n+]2O)c2nc(N)nc(Cl)c21. The summed E-state index contributed by atoms with van der Waals surface area (Å²) in [6.45, 7) is 4.58. The molecule has 1 aliphatic rings. The summed E-state index contributed by atoms with van der Waals surface area (Å²) in [5.74, 6) is 1.07. The first-order chi connectivity index (χ1) is 13.3. The summed E-state index contributed by atoms with van der Waals surface area (Å²) in [5.41, 5.74) is 8.77. The van der Waals surface area contributed by atoms with E-state index in [1.165, 1.54) is 0 Å². The highest BCUT2D eigenvalue weighted by Gasteiger charge is 2.37. The van der Waals surface area contributed by atoms with Crippen LogP contribution in [0.2, 0.25) is 5.15 Å². The van der Waals surface area contributed by atoms with Crippen molar-refractivity contribution in [1.29, 1.82) is 0 Å². The largest absolute Gasteiger partial charge is 0.496 e. The Morgan fingerprint density at radius 3 is 2.86 bits per heavy atom. The van der Waals surface area contributed by atoms with E-state index in [-0.39, 0.29) is 29.3 Å². The molecule has 28 heavy (non-hydrogen) atoms. The van der Waals surface area contributed by atoms with Gasteiger partial charge in [0.25, 0.3) is 5.69 Å². The van der Waals surface area contributed by atoms with Gasteiger partial charge in [-0.25, -0.2) is 4.98 Å². The zero-order valence-corrected chi connectivity index (χ0v) is 17.0. The highest BCUT2D eigenvalue weighted by atomic mass is 35.5. The van der Waals surface area contributed by atoms with Crippen molar-refractivity contribution in [3.8, 4) is 5.75 Å². The third kappa shape index (κ3) is 3.49. The number of nitrogens with zero attached hydrogens (tertiary/aromatic N) is 4. The van der Waals surface area contributed by atoms with Crippen molar-refractivity contribution in [1.82, 2.24) is 15.3 Å². The van der Waals surface area contributed by atoms with E-state index in [1.54, 1.807) is 20.4 Å². The summed E-state index contributed by atoms with van der Waals surface area (Å²) in [7, 11) is 3.19. The van der Waals surface area contributed by atoms with Crippen LogP contribution in [0.15, 0.2) is 6.20 Å². The maximum Gasteiger partial charge on any atom is 0.259 e. The number of carbonyl (C=O) groups excluding carboxylic acids is 1. The Bertz CT molecular complexity index is 936. The van der Waals surface area contributed by atoms with Crippen molar-refractivity contribution in [2.45, 2.75) is 32.7 Å². The van der Waals surface area contributed by atoms with Crippen LogP contribution < -0.4 is 25.4 Å². The lowest BCUT2D eigenvalue weighted by atomic mass is 10.0. The topological polar surface area (TPSA) is 117 Å². The smallest absolute Gasteiger partial charge is 0.259 e. The van der Waals surface area contributed by atoms with Gasteiger partial charge in [0, 0.05) is 36.2 Å². The van der Waals surface area contributed by atoms with Gasteiger partial charge < -0.3 is 20.7 Å². The number of fused-ring (bicyclic) bond motifs is 1. The monoisotopic (exact) mass is 407 g/mol. The number of nitrogens with one attached hydrogen (secondary N) is 1. The van der Waals surface area contributed by atoms with E-state index < -0.39 is 0 Å². The summed E-state index contributed by atoms with van der Waals surface area (Å²) in [5, 5.41) is 13.3. The molecule has 0 saturated carbocycles. The van der Waals surface area contributed by atoms with Crippen LogP contribution >= 0.6 is 11.6 Å². The van der Waals surface area contributed by atoms with Crippen LogP contribution in [0, 0.1) is 13.8 Å². The number of hydrogen-bond acceptors (Lipinski definition) is 7. The zero-order chi connectivity index (χ0) is 20.6. The molecular formula is C18H24ClN6O3+. The van der Waals surface area contributed by atoms with E-state index in [0.717, 1.165) is 15.9 Å². The normalized spacial score (nSPS) is 15.5. The first-order valence-corrected chi connectivity index (χ1v) is 9.21. The molecule has 1 amide bonds. The Morgan fingerprint density at radius 1 is 1.50 bits per heavy atom. The number of amides is 1. The quantitative estimate of drug-likeness (QED) is 0.386. The number of pyridine rings is 1. The molecule has 2 aromatic heterocycles. The number of nitrogen functional groups attached to an aromatic ring is 1. The van der Waals surface area contributed by atoms with Gasteiger partial charge in [-0.2, -0.15) is 4.98 Å². The van der Waals surface area contributed by atoms with Crippen molar-refractivity contribution in [3.63, 3.8) is 0 Å². The Kier molecular flexibility index (Phi) is 5.46. The lowest BCUT2D eigenvalue weighted by molar-refractivity contribution is -0.910. The van der Waals surface area contributed by atoms with E-state index in [2.05, 4.69) is 15.3 Å². The van der Waals surface area contributed by atoms with Crippen LogP contribution in [0.1, 0.15) is 34.7 Å². The second-order valence-corrected chi connectivity index (χ2v) is 7.18. The molecule has 1 aliphatic heterocycles. The Hall–Kier alpha value is -2.81. The third-order valence-corrected chi connectivity index (χ3v) is 5.31. The van der Waals surface area contributed by atoms with Gasteiger partial charge in [0.2, 0.25) is 18.1 Å². The second kappa shape index (κ2) is 7.67. The van der Waals surface area contributed by atoms with Crippen LogP contribution in [0.4, 0.5) is 11.8 Å². The average Bonchev–Trinajstić information content (AvgIpc) is 2.95. The molecule has 0 spiro atoms. The first-order valence-electron chi connectivity index (χ1n) is 8.83. The Labute approximate surface area is 168 Å². The average molecular weight is 408 g/mol. The molecule has 0 radical (unpaired) electrons. The van der Waals surface area contributed by atoms with E-state index in [1.807, 2.05) is 18.7 Å². The highest BCUT2D eigenvalue weighted by Crippen LogP contribution is 2.41. The van der Waals surface area contributed by atoms with Crippen molar-refractivity contribution >= 4 is 29.3 Å². The van der Waals surface area contributed by atoms with Crippen LogP contribution in [0.5, 0.6) is 5.75 Å². The molecule has 4 N–H and O–H groups in total. The van der Waals surface area contributed by atoms with Crippen LogP contribution in [-0.2, 0) is 11.3 Å². The number of rotatable bonds is 5. The summed E-state index contributed by atoms with van der Waals surface area (Å²) in [6.07, 6.45) is 1.85. The van der Waals surface area contributed by atoms with Gasteiger partial charge in [0.1, 0.15) is 23.3 Å². The van der Waals surface area contributed by atoms with Gasteiger partial charge in [-0.05, 0) is 13.8 Å². The number of halogens is 1. The van der Waals surface area contributed by atoms with Crippen LogP contribution in [0.3, 0.4) is 0 Å². The Morgan fingerprint density at radius 2 is 2.21 bits per heavy atom. The predicted molar refractivity (Wildman–Crippen MR) is 104 cm³/mol. The minimum absolute atomic E-state index is 0.0597. The maximum atomic E-state index is 12.0. The number of aromatic nitrogens is 3. The maximum absolute atomic E-state index is 12.0. The van der Waals surface area contributed by atoms with Gasteiger partial charge in [-0.1, -0.05) is 11.6 Å². The van der Waals surface area contributed by atoms with Gasteiger partial charge in [0.15, 0.2) is 0 Å². The van der Waals surface area contributed by atoms with E-state index in [4.69, 9.17) is 22.1 Å². The Balaban J connectivity index is 2.02. The van der Waals surface area contributed by atoms with Gasteiger partial charge >= 0.3 is 0 Å². The fourth-order valence-electron chi connectivity index (χ4n) is 3.72. The molecule has 0 aromatic carbocycles. The second-order valence-electron chi connectivity index (χ2n) is 6.83. The van der Waals surface area contributed by atoms with E-state index in [0.29, 0.717) is 35.9 Å². The lowest BCUT2D eigenvalue weighted by Crippen LogP contribution is -2.40. The van der Waals surface area contributed by atoms with Crippen LogP contribution in [0.25, 0.3) is 0 Å². The summed E-state index contributed by atoms with van der Waals surface area (Å²) < 4.78 is 6.56. The summed E-state index contributed by atoms with van der Waals surface area (Å²) in [6, 6.07) is 0. The molecule has 0 aliphatic carbocycles. The third-order valence-electron chi connectivity index (χ3n) is 5.02. The zero-order valence-electron chi connectivity index (χ0n) is 16.3. The summed E-state index contributed by atoms with van der Waals surface area (Å²) in [4.78, 5) is 22.3. The van der Waals surface area contributed by atoms with Crippen molar-refractivity contribution in [2.24, 2.45) is 0 Å². The van der Waals surface area contributed by atoms with Crippen molar-refractivity contribution in [3.05, 3.63) is 33.7 Å². The number of nitrogens with two attached hydrogens (primary N) is 1. The van der Waals surface area contributed by atoms with Gasteiger partial charge in [-0.15, -0.1) is 0 Å². The molecule has 10 heteroatoms. The lowest BCUT2D eigenvalue weighted by Gasteiger charge is -2.18. The number of hydrogen-bond donors (Lipinski definition) is 3. The standard InChI is InChI=1S/C18H23ClN6O3/c1-9-6-25(27)12(10(2)15(9)28-4)8-24-7-11(5-13(26)21-3)14-16(19)22-18(20)23-17(14)24/h6,11H,5,7-8H2,1-4H3,(H3-,20,21,22,23,26,27)/p+1. The molecule has 3 heterocycles. The minimum atomic E-state index is -0.178. The molecule has 1 atom stereocenters.